The third-order valence-electron chi connectivity index (χ3n) is 3.93. The van der Waals surface area contributed by atoms with Crippen LogP contribution in [-0.4, -0.2) is 28.0 Å². The molecule has 25 heavy (non-hydrogen) atoms. The highest BCUT2D eigenvalue weighted by Crippen LogP contribution is 2.18. The molecule has 1 unspecified atom stereocenters. The number of ether oxygens (including phenoxy) is 1. The zero-order chi connectivity index (χ0) is 18.1. The average molecular weight is 342 g/mol. The first-order chi connectivity index (χ1) is 12.1. The minimum absolute atomic E-state index is 0.0751. The molecule has 0 spiro atoms. The molecule has 0 saturated carbocycles. The molecule has 0 aliphatic carbocycles. The smallest absolute Gasteiger partial charge is 0.119 e. The van der Waals surface area contributed by atoms with Crippen LogP contribution < -0.4 is 4.74 Å². The van der Waals surface area contributed by atoms with Crippen molar-refractivity contribution >= 4 is 12.2 Å². The van der Waals surface area contributed by atoms with Gasteiger partial charge in [-0.05, 0) is 60.2 Å². The van der Waals surface area contributed by atoms with Crippen LogP contribution in [0.4, 0.5) is 0 Å². The van der Waals surface area contributed by atoms with Gasteiger partial charge in [-0.25, -0.2) is 0 Å². The molecule has 0 bridgehead atoms. The zero-order valence-electron chi connectivity index (χ0n) is 14.6. The van der Waals surface area contributed by atoms with Crippen molar-refractivity contribution in [2.75, 3.05) is 6.61 Å². The van der Waals surface area contributed by atoms with E-state index in [0.717, 1.165) is 40.8 Å². The quantitative estimate of drug-likeness (QED) is 0.483. The van der Waals surface area contributed by atoms with Gasteiger partial charge in [-0.3, -0.25) is 0 Å². The monoisotopic (exact) mass is 342 g/mol. The Morgan fingerprint density at radius 2 is 1.68 bits per heavy atom. The summed E-state index contributed by atoms with van der Waals surface area (Å²) in [6.45, 7) is 2.20. The number of aliphatic hydroxyl groups excluding tert-OH is 3. The van der Waals surface area contributed by atoms with Crippen LogP contribution in [0.3, 0.4) is 0 Å². The second-order valence-corrected chi connectivity index (χ2v) is 6.09. The lowest BCUT2D eigenvalue weighted by molar-refractivity contribution is 0.170. The predicted octanol–water partition coefficient (Wildman–Crippen LogP) is 3.38. The lowest BCUT2D eigenvalue weighted by Gasteiger charge is -2.08. The molecule has 2 aromatic carbocycles. The van der Waals surface area contributed by atoms with Crippen molar-refractivity contribution in [3.8, 4) is 5.75 Å². The normalized spacial score (nSPS) is 12.5. The van der Waals surface area contributed by atoms with Crippen molar-refractivity contribution in [3.63, 3.8) is 0 Å². The van der Waals surface area contributed by atoms with E-state index in [4.69, 9.17) is 4.74 Å². The van der Waals surface area contributed by atoms with Crippen molar-refractivity contribution in [2.24, 2.45) is 0 Å². The van der Waals surface area contributed by atoms with Gasteiger partial charge in [0, 0.05) is 0 Å². The van der Waals surface area contributed by atoms with Crippen molar-refractivity contribution in [3.05, 3.63) is 64.7 Å². The Hall–Kier alpha value is -2.14. The van der Waals surface area contributed by atoms with Gasteiger partial charge < -0.3 is 20.1 Å². The van der Waals surface area contributed by atoms with E-state index in [9.17, 15) is 15.3 Å². The van der Waals surface area contributed by atoms with E-state index in [-0.39, 0.29) is 19.3 Å². The summed E-state index contributed by atoms with van der Waals surface area (Å²) in [5.41, 5.74) is 3.46. The molecule has 134 valence electrons. The summed E-state index contributed by atoms with van der Waals surface area (Å²) in [5, 5.41) is 27.9. The third kappa shape index (κ3) is 6.35. The largest absolute Gasteiger partial charge is 0.494 e. The lowest BCUT2D eigenvalue weighted by Crippen LogP contribution is -2.04. The molecule has 0 aliphatic rings. The summed E-state index contributed by atoms with van der Waals surface area (Å²) in [6.07, 6.45) is 5.21. The Morgan fingerprint density at radius 1 is 0.960 bits per heavy atom. The van der Waals surface area contributed by atoms with Crippen molar-refractivity contribution < 1.29 is 20.1 Å². The Balaban J connectivity index is 2.00. The van der Waals surface area contributed by atoms with Crippen molar-refractivity contribution in [2.45, 2.75) is 39.1 Å². The molecular formula is C21H26O4. The summed E-state index contributed by atoms with van der Waals surface area (Å²) in [6, 6.07) is 13.4. The Morgan fingerprint density at radius 3 is 2.36 bits per heavy atom. The molecule has 0 radical (unpaired) electrons. The Bertz CT molecular complexity index is 692. The van der Waals surface area contributed by atoms with Crippen LogP contribution in [0.15, 0.2) is 42.5 Å². The molecular weight excluding hydrogens is 316 g/mol. The maximum Gasteiger partial charge on any atom is 0.119 e. The van der Waals surface area contributed by atoms with Crippen LogP contribution in [0.2, 0.25) is 0 Å². The average Bonchev–Trinajstić information content (AvgIpc) is 2.63. The molecule has 4 nitrogen and oxygen atoms in total. The lowest BCUT2D eigenvalue weighted by atomic mass is 10.0. The summed E-state index contributed by atoms with van der Waals surface area (Å²) >= 11 is 0. The molecule has 0 saturated heterocycles. The Kier molecular flexibility index (Phi) is 7.67. The fraction of sp³-hybridized carbons (Fsp3) is 0.333. The van der Waals surface area contributed by atoms with Crippen molar-refractivity contribution in [1.82, 2.24) is 0 Å². The van der Waals surface area contributed by atoms with Crippen LogP contribution in [0.25, 0.3) is 12.2 Å². The van der Waals surface area contributed by atoms with E-state index in [0.29, 0.717) is 6.61 Å². The van der Waals surface area contributed by atoms with Crippen LogP contribution in [0.1, 0.15) is 42.0 Å². The molecule has 0 heterocycles. The minimum Gasteiger partial charge on any atom is -0.494 e. The number of hydrogen-bond acceptors (Lipinski definition) is 4. The van der Waals surface area contributed by atoms with E-state index in [1.165, 1.54) is 0 Å². The third-order valence-corrected chi connectivity index (χ3v) is 3.93. The SMILES string of the molecule is CC(O)CCCOc1cccc(/C=C/c2ccc(CO)c(CO)c2)c1. The fourth-order valence-corrected chi connectivity index (χ4v) is 2.52. The van der Waals surface area contributed by atoms with Crippen LogP contribution in [0, 0.1) is 0 Å². The van der Waals surface area contributed by atoms with E-state index in [1.807, 2.05) is 54.6 Å². The summed E-state index contributed by atoms with van der Waals surface area (Å²) in [5.74, 6) is 0.805. The number of hydrogen-bond donors (Lipinski definition) is 3. The first-order valence-electron chi connectivity index (χ1n) is 8.55. The fourth-order valence-electron chi connectivity index (χ4n) is 2.52. The number of aliphatic hydroxyl groups is 3. The van der Waals surface area contributed by atoms with Gasteiger partial charge in [0.05, 0.1) is 25.9 Å². The maximum atomic E-state index is 9.37. The summed E-state index contributed by atoms with van der Waals surface area (Å²) in [4.78, 5) is 0. The van der Waals surface area contributed by atoms with Gasteiger partial charge in [0.15, 0.2) is 0 Å². The highest BCUT2D eigenvalue weighted by atomic mass is 16.5. The van der Waals surface area contributed by atoms with Gasteiger partial charge in [0.2, 0.25) is 0 Å². The second kappa shape index (κ2) is 9.99. The van der Waals surface area contributed by atoms with Crippen LogP contribution in [0.5, 0.6) is 5.75 Å². The molecule has 1 atom stereocenters. The first kappa shape index (κ1) is 19.2. The topological polar surface area (TPSA) is 69.9 Å². The predicted molar refractivity (Wildman–Crippen MR) is 100 cm³/mol. The van der Waals surface area contributed by atoms with Gasteiger partial charge in [-0.15, -0.1) is 0 Å². The molecule has 4 heteroatoms. The van der Waals surface area contributed by atoms with Crippen molar-refractivity contribution in [1.29, 1.82) is 0 Å². The Labute approximate surface area is 149 Å². The molecule has 2 rings (SSSR count). The van der Waals surface area contributed by atoms with E-state index < -0.39 is 0 Å². The first-order valence-corrected chi connectivity index (χ1v) is 8.55. The standard InChI is InChI=1S/C21H26O4/c1-16(24)4-3-11-25-21-6-2-5-17(13-21)7-8-18-9-10-19(14-22)20(12-18)15-23/h2,5-10,12-13,16,22-24H,3-4,11,14-15H2,1H3/b8-7+. The van der Waals surface area contributed by atoms with Gasteiger partial charge in [-0.1, -0.05) is 36.4 Å². The van der Waals surface area contributed by atoms with E-state index in [1.54, 1.807) is 6.92 Å². The van der Waals surface area contributed by atoms with Gasteiger partial charge in [-0.2, -0.15) is 0 Å². The molecule has 3 N–H and O–H groups in total. The zero-order valence-corrected chi connectivity index (χ0v) is 14.6. The molecule has 0 aromatic heterocycles. The molecule has 0 amide bonds. The van der Waals surface area contributed by atoms with E-state index in [2.05, 4.69) is 0 Å². The highest BCUT2D eigenvalue weighted by Gasteiger charge is 2.01. The molecule has 0 fully saturated rings. The molecule has 0 aliphatic heterocycles. The number of rotatable bonds is 9. The van der Waals surface area contributed by atoms with E-state index >= 15 is 0 Å². The van der Waals surface area contributed by atoms with Gasteiger partial charge in [0.25, 0.3) is 0 Å². The summed E-state index contributed by atoms with van der Waals surface area (Å²) in [7, 11) is 0. The number of benzene rings is 2. The van der Waals surface area contributed by atoms with Crippen LogP contribution >= 0.6 is 0 Å². The molecule has 2 aromatic rings. The van der Waals surface area contributed by atoms with Crippen LogP contribution in [-0.2, 0) is 13.2 Å². The van der Waals surface area contributed by atoms with Gasteiger partial charge in [0.1, 0.15) is 5.75 Å². The highest BCUT2D eigenvalue weighted by molar-refractivity contribution is 5.70. The maximum absolute atomic E-state index is 9.37. The summed E-state index contributed by atoms with van der Waals surface area (Å²) < 4.78 is 5.71. The minimum atomic E-state index is -0.293. The second-order valence-electron chi connectivity index (χ2n) is 6.09. The van der Waals surface area contributed by atoms with Gasteiger partial charge >= 0.3 is 0 Å².